The SMILES string of the molecule is Cc1cccc(N=CN(C)C=Nc2cccc(C)c2C)c1C. The fourth-order valence-corrected chi connectivity index (χ4v) is 2.09. The molecule has 0 N–H and O–H groups in total. The normalized spacial score (nSPS) is 11.5. The number of hydrogen-bond donors (Lipinski definition) is 0. The summed E-state index contributed by atoms with van der Waals surface area (Å²) in [5.41, 5.74) is 6.90. The van der Waals surface area contributed by atoms with Gasteiger partial charge in [-0.05, 0) is 62.1 Å². The van der Waals surface area contributed by atoms with E-state index in [1.54, 1.807) is 12.7 Å². The van der Waals surface area contributed by atoms with Gasteiger partial charge < -0.3 is 4.90 Å². The molecule has 2 rings (SSSR count). The fourth-order valence-electron chi connectivity index (χ4n) is 2.09. The summed E-state index contributed by atoms with van der Waals surface area (Å²) in [5, 5.41) is 0. The molecule has 0 aliphatic carbocycles. The Hall–Kier alpha value is -2.42. The van der Waals surface area contributed by atoms with Crippen LogP contribution in [0.15, 0.2) is 46.4 Å². The lowest BCUT2D eigenvalue weighted by Crippen LogP contribution is -2.12. The topological polar surface area (TPSA) is 28.0 Å². The van der Waals surface area contributed by atoms with E-state index in [1.807, 2.05) is 36.2 Å². The molecule has 2 aromatic carbocycles. The van der Waals surface area contributed by atoms with Crippen LogP contribution >= 0.6 is 0 Å². The molecule has 3 nitrogen and oxygen atoms in total. The number of hydrogen-bond acceptors (Lipinski definition) is 2. The minimum absolute atomic E-state index is 0.993. The first-order valence-electron chi connectivity index (χ1n) is 7.42. The van der Waals surface area contributed by atoms with E-state index >= 15 is 0 Å². The van der Waals surface area contributed by atoms with Crippen LogP contribution in [0.4, 0.5) is 11.4 Å². The zero-order valence-electron chi connectivity index (χ0n) is 14.0. The van der Waals surface area contributed by atoms with Crippen LogP contribution in [-0.2, 0) is 0 Å². The predicted octanol–water partition coefficient (Wildman–Crippen LogP) is 4.87. The maximum Gasteiger partial charge on any atom is 0.0961 e. The molecule has 3 heteroatoms. The third-order valence-electron chi connectivity index (χ3n) is 3.91. The minimum Gasteiger partial charge on any atom is -0.326 e. The third kappa shape index (κ3) is 3.82. The Kier molecular flexibility index (Phi) is 5.10. The molecule has 0 heterocycles. The van der Waals surface area contributed by atoms with Gasteiger partial charge in [0.2, 0.25) is 0 Å². The highest BCUT2D eigenvalue weighted by Gasteiger charge is 1.99. The Morgan fingerprint density at radius 3 is 1.55 bits per heavy atom. The molecule has 0 aromatic heterocycles. The monoisotopic (exact) mass is 293 g/mol. The van der Waals surface area contributed by atoms with Gasteiger partial charge in [-0.15, -0.1) is 0 Å². The number of rotatable bonds is 4. The van der Waals surface area contributed by atoms with E-state index in [1.165, 1.54) is 22.3 Å². The van der Waals surface area contributed by atoms with Crippen LogP contribution in [0.5, 0.6) is 0 Å². The van der Waals surface area contributed by atoms with E-state index in [-0.39, 0.29) is 0 Å². The predicted molar refractivity (Wildman–Crippen MR) is 95.9 cm³/mol. The quantitative estimate of drug-likeness (QED) is 0.583. The Morgan fingerprint density at radius 2 is 1.14 bits per heavy atom. The van der Waals surface area contributed by atoms with Crippen molar-refractivity contribution in [2.75, 3.05) is 7.05 Å². The standard InChI is InChI=1S/C19H23N3/c1-14-8-6-10-18(16(14)3)20-12-22(5)13-21-19-11-7-9-15(2)17(19)4/h6-13H,1-5H3. The summed E-state index contributed by atoms with van der Waals surface area (Å²) in [4.78, 5) is 10.9. The van der Waals surface area contributed by atoms with Crippen molar-refractivity contribution in [2.24, 2.45) is 9.98 Å². The lowest BCUT2D eigenvalue weighted by Gasteiger charge is -2.08. The Bertz CT molecular complexity index is 653. The lowest BCUT2D eigenvalue weighted by molar-refractivity contribution is 0.801. The van der Waals surface area contributed by atoms with Gasteiger partial charge in [-0.3, -0.25) is 0 Å². The van der Waals surface area contributed by atoms with Gasteiger partial charge in [-0.2, -0.15) is 0 Å². The molecule has 2 aromatic rings. The molecule has 0 fully saturated rings. The van der Waals surface area contributed by atoms with Crippen LogP contribution in [0, 0.1) is 27.7 Å². The molecule has 0 aliphatic heterocycles. The molecule has 0 spiro atoms. The highest BCUT2D eigenvalue weighted by molar-refractivity contribution is 5.79. The third-order valence-corrected chi connectivity index (χ3v) is 3.91. The number of aryl methyl sites for hydroxylation is 2. The van der Waals surface area contributed by atoms with Gasteiger partial charge in [0, 0.05) is 7.05 Å². The van der Waals surface area contributed by atoms with Crippen molar-refractivity contribution in [1.82, 2.24) is 4.90 Å². The molecule has 22 heavy (non-hydrogen) atoms. The fraction of sp³-hybridized carbons (Fsp3) is 0.263. The molecule has 0 bridgehead atoms. The van der Waals surface area contributed by atoms with Crippen molar-refractivity contribution < 1.29 is 0 Å². The molecule has 0 amide bonds. The summed E-state index contributed by atoms with van der Waals surface area (Å²) in [6, 6.07) is 12.3. The Morgan fingerprint density at radius 1 is 0.727 bits per heavy atom. The van der Waals surface area contributed by atoms with Crippen LogP contribution in [0.1, 0.15) is 22.3 Å². The summed E-state index contributed by atoms with van der Waals surface area (Å²) >= 11 is 0. The average molecular weight is 293 g/mol. The summed E-state index contributed by atoms with van der Waals surface area (Å²) < 4.78 is 0. The van der Waals surface area contributed by atoms with Crippen LogP contribution in [-0.4, -0.2) is 24.6 Å². The maximum absolute atomic E-state index is 4.53. The van der Waals surface area contributed by atoms with E-state index in [4.69, 9.17) is 0 Å². The van der Waals surface area contributed by atoms with E-state index in [2.05, 4.69) is 49.8 Å². The van der Waals surface area contributed by atoms with E-state index < -0.39 is 0 Å². The van der Waals surface area contributed by atoms with Crippen molar-refractivity contribution in [3.8, 4) is 0 Å². The zero-order valence-corrected chi connectivity index (χ0v) is 14.0. The first kappa shape index (κ1) is 16.0. The molecular formula is C19H23N3. The molecule has 0 saturated carbocycles. The van der Waals surface area contributed by atoms with Crippen molar-refractivity contribution >= 4 is 24.1 Å². The second kappa shape index (κ2) is 7.03. The first-order valence-corrected chi connectivity index (χ1v) is 7.42. The van der Waals surface area contributed by atoms with Crippen LogP contribution in [0.25, 0.3) is 0 Å². The van der Waals surface area contributed by atoms with Crippen molar-refractivity contribution in [3.63, 3.8) is 0 Å². The smallest absolute Gasteiger partial charge is 0.0961 e. The highest BCUT2D eigenvalue weighted by atomic mass is 15.1. The molecule has 0 atom stereocenters. The van der Waals surface area contributed by atoms with Crippen LogP contribution in [0.2, 0.25) is 0 Å². The second-order valence-corrected chi connectivity index (χ2v) is 5.59. The summed E-state index contributed by atoms with van der Waals surface area (Å²) in [5.74, 6) is 0. The molecule has 114 valence electrons. The molecular weight excluding hydrogens is 270 g/mol. The zero-order chi connectivity index (χ0) is 16.1. The van der Waals surface area contributed by atoms with Crippen LogP contribution in [0.3, 0.4) is 0 Å². The van der Waals surface area contributed by atoms with Gasteiger partial charge in [-0.1, -0.05) is 24.3 Å². The highest BCUT2D eigenvalue weighted by Crippen LogP contribution is 2.21. The van der Waals surface area contributed by atoms with E-state index in [0.717, 1.165) is 11.4 Å². The van der Waals surface area contributed by atoms with Crippen LogP contribution < -0.4 is 0 Å². The summed E-state index contributed by atoms with van der Waals surface area (Å²) in [7, 11) is 1.93. The summed E-state index contributed by atoms with van der Waals surface area (Å²) in [6.07, 6.45) is 3.58. The summed E-state index contributed by atoms with van der Waals surface area (Å²) in [6.45, 7) is 8.37. The van der Waals surface area contributed by atoms with Gasteiger partial charge >= 0.3 is 0 Å². The maximum atomic E-state index is 4.53. The van der Waals surface area contributed by atoms with Crippen molar-refractivity contribution in [2.45, 2.75) is 27.7 Å². The van der Waals surface area contributed by atoms with Crippen molar-refractivity contribution in [3.05, 3.63) is 58.7 Å². The lowest BCUT2D eigenvalue weighted by atomic mass is 10.1. The average Bonchev–Trinajstić information content (AvgIpc) is 2.50. The van der Waals surface area contributed by atoms with Gasteiger partial charge in [0.1, 0.15) is 0 Å². The van der Waals surface area contributed by atoms with Crippen molar-refractivity contribution in [1.29, 1.82) is 0 Å². The van der Waals surface area contributed by atoms with Gasteiger partial charge in [0.15, 0.2) is 0 Å². The van der Waals surface area contributed by atoms with E-state index in [0.29, 0.717) is 0 Å². The molecule has 0 radical (unpaired) electrons. The molecule has 0 aliphatic rings. The van der Waals surface area contributed by atoms with Gasteiger partial charge in [0.05, 0.1) is 24.1 Å². The Labute approximate surface area is 133 Å². The Balaban J connectivity index is 2.11. The number of aliphatic imine (C=N–C) groups is 2. The largest absolute Gasteiger partial charge is 0.326 e. The van der Waals surface area contributed by atoms with Gasteiger partial charge in [-0.25, -0.2) is 9.98 Å². The number of nitrogens with zero attached hydrogens (tertiary/aromatic N) is 3. The number of benzene rings is 2. The molecule has 0 saturated heterocycles. The van der Waals surface area contributed by atoms with Gasteiger partial charge in [0.25, 0.3) is 0 Å². The molecule has 0 unspecified atom stereocenters. The minimum atomic E-state index is 0.993. The van der Waals surface area contributed by atoms with E-state index in [9.17, 15) is 0 Å². The second-order valence-electron chi connectivity index (χ2n) is 5.59. The first-order chi connectivity index (χ1) is 10.5.